The van der Waals surface area contributed by atoms with E-state index in [1.54, 1.807) is 28.7 Å². The number of hydrogen-bond donors (Lipinski definition) is 0. The second-order valence-corrected chi connectivity index (χ2v) is 9.30. The number of aryl methyl sites for hydroxylation is 1. The minimum absolute atomic E-state index is 0.000848. The Hall–Kier alpha value is -2.12. The highest BCUT2D eigenvalue weighted by atomic mass is 32.2. The van der Waals surface area contributed by atoms with E-state index >= 15 is 0 Å². The molecule has 0 saturated carbocycles. The Morgan fingerprint density at radius 3 is 2.50 bits per heavy atom. The second kappa shape index (κ2) is 7.72. The first-order valence-corrected chi connectivity index (χ1v) is 11.3. The Labute approximate surface area is 166 Å². The van der Waals surface area contributed by atoms with Gasteiger partial charge in [0.05, 0.1) is 11.5 Å². The first-order valence-electron chi connectivity index (χ1n) is 9.83. The zero-order chi connectivity index (χ0) is 19.7. The molecule has 150 valence electrons. The van der Waals surface area contributed by atoms with Crippen LogP contribution in [0.5, 0.6) is 11.6 Å². The zero-order valence-corrected chi connectivity index (χ0v) is 17.1. The maximum atomic E-state index is 13.4. The summed E-state index contributed by atoms with van der Waals surface area (Å²) >= 11 is 0. The fourth-order valence-corrected chi connectivity index (χ4v) is 6.36. The molecule has 0 aliphatic carbocycles. The summed E-state index contributed by atoms with van der Waals surface area (Å²) in [4.78, 5) is 4.57. The van der Waals surface area contributed by atoms with Crippen molar-refractivity contribution in [2.75, 3.05) is 6.61 Å². The number of rotatable bonds is 6. The van der Waals surface area contributed by atoms with E-state index in [0.29, 0.717) is 30.2 Å². The first kappa shape index (κ1) is 19.2. The third-order valence-corrected chi connectivity index (χ3v) is 7.57. The lowest BCUT2D eigenvalue weighted by Gasteiger charge is -2.37. The van der Waals surface area contributed by atoms with E-state index in [2.05, 4.69) is 4.98 Å². The van der Waals surface area contributed by atoms with E-state index in [-0.39, 0.29) is 18.2 Å². The van der Waals surface area contributed by atoms with E-state index in [4.69, 9.17) is 9.47 Å². The van der Waals surface area contributed by atoms with Gasteiger partial charge in [0.2, 0.25) is 15.9 Å². The molecule has 2 fully saturated rings. The van der Waals surface area contributed by atoms with Gasteiger partial charge in [0.1, 0.15) is 11.9 Å². The van der Waals surface area contributed by atoms with Gasteiger partial charge in [-0.25, -0.2) is 13.4 Å². The average Bonchev–Trinajstić information content (AvgIpc) is 2.96. The standard InChI is InChI=1S/C21H26N2O4S/c1-3-26-20-10-9-19(12-15(20)2)28(24,25)23-16-7-8-17(23)14-18(13-16)27-21-6-4-5-11-22-21/h4-6,9-12,16-18H,3,7-8,13-14H2,1-2H3. The van der Waals surface area contributed by atoms with Crippen LogP contribution in [0.2, 0.25) is 0 Å². The second-order valence-electron chi connectivity index (χ2n) is 7.46. The topological polar surface area (TPSA) is 68.7 Å². The fourth-order valence-electron chi connectivity index (χ4n) is 4.38. The molecule has 28 heavy (non-hydrogen) atoms. The molecule has 0 spiro atoms. The highest BCUT2D eigenvalue weighted by Gasteiger charge is 2.48. The van der Waals surface area contributed by atoms with E-state index in [0.717, 1.165) is 24.2 Å². The number of piperidine rings is 1. The van der Waals surface area contributed by atoms with Crippen molar-refractivity contribution in [2.45, 2.75) is 62.6 Å². The van der Waals surface area contributed by atoms with Crippen LogP contribution in [0, 0.1) is 6.92 Å². The molecular formula is C21H26N2O4S. The molecule has 0 radical (unpaired) electrons. The number of sulfonamides is 1. The Morgan fingerprint density at radius 2 is 1.89 bits per heavy atom. The number of aromatic nitrogens is 1. The molecule has 7 heteroatoms. The predicted octanol–water partition coefficient (Wildman–Crippen LogP) is 3.55. The van der Waals surface area contributed by atoms with E-state index in [1.165, 1.54) is 0 Å². The summed E-state index contributed by atoms with van der Waals surface area (Å²) in [7, 11) is -3.54. The maximum Gasteiger partial charge on any atom is 0.243 e. The molecular weight excluding hydrogens is 376 g/mol. The largest absolute Gasteiger partial charge is 0.494 e. The van der Waals surface area contributed by atoms with Crippen molar-refractivity contribution >= 4 is 10.0 Å². The van der Waals surface area contributed by atoms with Gasteiger partial charge in [-0.3, -0.25) is 0 Å². The number of benzene rings is 1. The monoisotopic (exact) mass is 402 g/mol. The SMILES string of the molecule is CCOc1ccc(S(=O)(=O)N2C3CCC2CC(Oc2ccccn2)C3)cc1C. The van der Waals surface area contributed by atoms with Gasteiger partial charge in [-0.05, 0) is 56.5 Å². The van der Waals surface area contributed by atoms with Crippen LogP contribution in [0.1, 0.15) is 38.2 Å². The lowest BCUT2D eigenvalue weighted by molar-refractivity contribution is 0.0918. The van der Waals surface area contributed by atoms with Crippen molar-refractivity contribution in [3.63, 3.8) is 0 Å². The van der Waals surface area contributed by atoms with Gasteiger partial charge < -0.3 is 9.47 Å². The van der Waals surface area contributed by atoms with Crippen LogP contribution >= 0.6 is 0 Å². The first-order chi connectivity index (χ1) is 13.5. The van der Waals surface area contributed by atoms with Gasteiger partial charge in [-0.1, -0.05) is 6.07 Å². The van der Waals surface area contributed by atoms with Gasteiger partial charge in [0.15, 0.2) is 0 Å². The quantitative estimate of drug-likeness (QED) is 0.739. The summed E-state index contributed by atoms with van der Waals surface area (Å²) in [5, 5.41) is 0. The minimum atomic E-state index is -3.54. The zero-order valence-electron chi connectivity index (χ0n) is 16.2. The smallest absolute Gasteiger partial charge is 0.243 e. The molecule has 6 nitrogen and oxygen atoms in total. The molecule has 0 N–H and O–H groups in total. The van der Waals surface area contributed by atoms with E-state index in [9.17, 15) is 8.42 Å². The summed E-state index contributed by atoms with van der Waals surface area (Å²) in [6.45, 7) is 4.35. The molecule has 3 heterocycles. The number of pyridine rings is 1. The Balaban J connectivity index is 1.53. The van der Waals surface area contributed by atoms with Crippen molar-refractivity contribution < 1.29 is 17.9 Å². The van der Waals surface area contributed by atoms with Crippen molar-refractivity contribution in [1.29, 1.82) is 0 Å². The molecule has 2 aliphatic heterocycles. The summed E-state index contributed by atoms with van der Waals surface area (Å²) < 4.78 is 40.0. The van der Waals surface area contributed by atoms with Crippen LogP contribution in [0.3, 0.4) is 0 Å². The predicted molar refractivity (Wildman–Crippen MR) is 106 cm³/mol. The summed E-state index contributed by atoms with van der Waals surface area (Å²) in [6, 6.07) is 10.7. The van der Waals surface area contributed by atoms with E-state index in [1.807, 2.05) is 32.0 Å². The molecule has 1 aromatic carbocycles. The van der Waals surface area contributed by atoms with Gasteiger partial charge in [-0.15, -0.1) is 0 Å². The van der Waals surface area contributed by atoms with Crippen LogP contribution in [0.4, 0.5) is 0 Å². The van der Waals surface area contributed by atoms with Crippen LogP contribution < -0.4 is 9.47 Å². The van der Waals surface area contributed by atoms with Gasteiger partial charge in [0, 0.05) is 37.2 Å². The molecule has 2 saturated heterocycles. The highest BCUT2D eigenvalue weighted by Crippen LogP contribution is 2.41. The molecule has 2 bridgehead atoms. The number of hydrogen-bond acceptors (Lipinski definition) is 5. The summed E-state index contributed by atoms with van der Waals surface area (Å²) in [6.07, 6.45) is 4.85. The molecule has 4 rings (SSSR count). The fraction of sp³-hybridized carbons (Fsp3) is 0.476. The van der Waals surface area contributed by atoms with Crippen molar-refractivity contribution in [1.82, 2.24) is 9.29 Å². The van der Waals surface area contributed by atoms with Crippen molar-refractivity contribution in [2.24, 2.45) is 0 Å². The van der Waals surface area contributed by atoms with E-state index < -0.39 is 10.0 Å². The molecule has 1 aromatic heterocycles. The number of fused-ring (bicyclic) bond motifs is 2. The van der Waals surface area contributed by atoms with Crippen LogP contribution in [-0.4, -0.2) is 42.5 Å². The van der Waals surface area contributed by atoms with Gasteiger partial charge in [0.25, 0.3) is 0 Å². The summed E-state index contributed by atoms with van der Waals surface area (Å²) in [5.41, 5.74) is 0.837. The number of ether oxygens (including phenoxy) is 2. The Kier molecular flexibility index (Phi) is 5.29. The Bertz CT molecular complexity index is 919. The lowest BCUT2D eigenvalue weighted by Crippen LogP contribution is -2.49. The molecule has 0 amide bonds. The molecule has 2 unspecified atom stereocenters. The summed E-state index contributed by atoms with van der Waals surface area (Å²) in [5.74, 6) is 1.33. The van der Waals surface area contributed by atoms with Crippen molar-refractivity contribution in [3.05, 3.63) is 48.2 Å². The minimum Gasteiger partial charge on any atom is -0.494 e. The molecule has 2 aliphatic rings. The van der Waals surface area contributed by atoms with Crippen LogP contribution in [-0.2, 0) is 10.0 Å². The van der Waals surface area contributed by atoms with Crippen LogP contribution in [0.15, 0.2) is 47.5 Å². The molecule has 2 atom stereocenters. The molecule has 2 aromatic rings. The van der Waals surface area contributed by atoms with Crippen molar-refractivity contribution in [3.8, 4) is 11.6 Å². The van der Waals surface area contributed by atoms with Gasteiger partial charge in [-0.2, -0.15) is 4.31 Å². The number of nitrogens with zero attached hydrogens (tertiary/aromatic N) is 2. The third kappa shape index (κ3) is 3.61. The highest BCUT2D eigenvalue weighted by molar-refractivity contribution is 7.89. The third-order valence-electron chi connectivity index (χ3n) is 5.57. The van der Waals surface area contributed by atoms with Gasteiger partial charge >= 0.3 is 0 Å². The Morgan fingerprint density at radius 1 is 1.14 bits per heavy atom. The normalized spacial score (nSPS) is 24.9. The average molecular weight is 403 g/mol. The van der Waals surface area contributed by atoms with Crippen LogP contribution in [0.25, 0.3) is 0 Å². The lowest BCUT2D eigenvalue weighted by atomic mass is 10.0. The maximum absolute atomic E-state index is 13.4.